The molecule has 0 aliphatic carbocycles. The average Bonchev–Trinajstić information content (AvgIpc) is 3.02. The standard InChI is InChI=1S/C23H26N4O5/c1-23(18-9-5-7-16-6-3-4-8-17(16)18)21(30)27(22(31)24-23)15-19(28)25(2)14-20(29)26-10-12-32-13-11-26/h3-9H,10-15H2,1-2H3,(H,24,31)/t23-/m1/s1. The maximum atomic E-state index is 13.3. The number of benzene rings is 2. The molecule has 0 bridgehead atoms. The Morgan fingerprint density at radius 3 is 2.53 bits per heavy atom. The zero-order valence-corrected chi connectivity index (χ0v) is 18.2. The Morgan fingerprint density at radius 1 is 1.09 bits per heavy atom. The Kier molecular flexibility index (Phi) is 5.84. The molecule has 0 radical (unpaired) electrons. The highest BCUT2D eigenvalue weighted by molar-refractivity contribution is 6.10. The van der Waals surface area contributed by atoms with E-state index in [0.717, 1.165) is 15.7 Å². The molecule has 2 heterocycles. The summed E-state index contributed by atoms with van der Waals surface area (Å²) in [4.78, 5) is 54.9. The fourth-order valence-corrected chi connectivity index (χ4v) is 4.14. The molecule has 9 nitrogen and oxygen atoms in total. The van der Waals surface area contributed by atoms with Gasteiger partial charge in [-0.2, -0.15) is 0 Å². The molecular weight excluding hydrogens is 412 g/mol. The van der Waals surface area contributed by atoms with Crippen LogP contribution >= 0.6 is 0 Å². The van der Waals surface area contributed by atoms with E-state index in [1.807, 2.05) is 36.4 Å². The van der Waals surface area contributed by atoms with Crippen LogP contribution in [0.1, 0.15) is 12.5 Å². The molecule has 2 aromatic carbocycles. The molecule has 5 amide bonds. The molecule has 0 spiro atoms. The predicted octanol–water partition coefficient (Wildman–Crippen LogP) is 0.924. The second-order valence-electron chi connectivity index (χ2n) is 8.22. The van der Waals surface area contributed by atoms with E-state index in [4.69, 9.17) is 4.74 Å². The van der Waals surface area contributed by atoms with Crippen molar-refractivity contribution in [3.05, 3.63) is 48.0 Å². The molecule has 4 rings (SSSR count). The monoisotopic (exact) mass is 438 g/mol. The van der Waals surface area contributed by atoms with Gasteiger partial charge in [-0.3, -0.25) is 19.3 Å². The van der Waals surface area contributed by atoms with Gasteiger partial charge in [-0.1, -0.05) is 42.5 Å². The molecule has 1 N–H and O–H groups in total. The summed E-state index contributed by atoms with van der Waals surface area (Å²) in [5, 5.41) is 4.56. The summed E-state index contributed by atoms with van der Waals surface area (Å²) < 4.78 is 5.23. The van der Waals surface area contributed by atoms with Crippen molar-refractivity contribution < 1.29 is 23.9 Å². The number of amides is 5. The minimum atomic E-state index is -1.29. The van der Waals surface area contributed by atoms with E-state index in [9.17, 15) is 19.2 Å². The number of nitrogens with one attached hydrogen (secondary N) is 1. The lowest BCUT2D eigenvalue weighted by molar-refractivity contribution is -0.143. The third-order valence-electron chi connectivity index (χ3n) is 6.06. The van der Waals surface area contributed by atoms with Crippen molar-refractivity contribution in [1.29, 1.82) is 0 Å². The molecule has 2 aliphatic heterocycles. The molecule has 2 aliphatic rings. The lowest BCUT2D eigenvalue weighted by Crippen LogP contribution is -2.48. The second-order valence-corrected chi connectivity index (χ2v) is 8.22. The number of ether oxygens (including phenoxy) is 1. The van der Waals surface area contributed by atoms with Gasteiger partial charge in [-0.05, 0) is 23.3 Å². The summed E-state index contributed by atoms with van der Waals surface area (Å²) in [6.45, 7) is 3.00. The average molecular weight is 438 g/mol. The number of nitrogens with zero attached hydrogens (tertiary/aromatic N) is 3. The maximum absolute atomic E-state index is 13.3. The van der Waals surface area contributed by atoms with E-state index < -0.39 is 29.9 Å². The van der Waals surface area contributed by atoms with Gasteiger partial charge >= 0.3 is 6.03 Å². The first-order chi connectivity index (χ1) is 15.3. The van der Waals surface area contributed by atoms with Crippen LogP contribution in [0, 0.1) is 0 Å². The number of imide groups is 1. The van der Waals surface area contributed by atoms with Crippen LogP contribution in [-0.4, -0.2) is 84.9 Å². The van der Waals surface area contributed by atoms with E-state index in [0.29, 0.717) is 31.9 Å². The molecule has 0 aromatic heterocycles. The maximum Gasteiger partial charge on any atom is 0.325 e. The zero-order valence-electron chi connectivity index (χ0n) is 18.2. The predicted molar refractivity (Wildman–Crippen MR) is 117 cm³/mol. The summed E-state index contributed by atoms with van der Waals surface area (Å²) in [6, 6.07) is 12.6. The van der Waals surface area contributed by atoms with Gasteiger partial charge in [0.2, 0.25) is 11.8 Å². The van der Waals surface area contributed by atoms with Crippen molar-refractivity contribution in [2.45, 2.75) is 12.5 Å². The molecule has 0 unspecified atom stereocenters. The SMILES string of the molecule is CN(CC(=O)N1CCOCC1)C(=O)CN1C(=O)N[C@](C)(c2cccc3ccccc23)C1=O. The molecule has 2 fully saturated rings. The zero-order chi connectivity index (χ0) is 22.9. The van der Waals surface area contributed by atoms with Crippen LogP contribution < -0.4 is 5.32 Å². The normalized spacial score (nSPS) is 21.1. The number of rotatable bonds is 5. The number of hydrogen-bond acceptors (Lipinski definition) is 5. The van der Waals surface area contributed by atoms with Crippen LogP contribution in [0.15, 0.2) is 42.5 Å². The summed E-state index contributed by atoms with van der Waals surface area (Å²) in [5.41, 5.74) is -0.625. The molecule has 1 atom stereocenters. The highest BCUT2D eigenvalue weighted by Gasteiger charge is 2.50. The largest absolute Gasteiger partial charge is 0.378 e. The quantitative estimate of drug-likeness (QED) is 0.700. The van der Waals surface area contributed by atoms with Gasteiger partial charge in [-0.25, -0.2) is 4.79 Å². The molecular formula is C23H26N4O5. The molecule has 9 heteroatoms. The Morgan fingerprint density at radius 2 is 1.78 bits per heavy atom. The third-order valence-corrected chi connectivity index (χ3v) is 6.06. The van der Waals surface area contributed by atoms with Crippen molar-refractivity contribution in [3.63, 3.8) is 0 Å². The van der Waals surface area contributed by atoms with E-state index in [2.05, 4.69) is 5.32 Å². The number of carbonyl (C=O) groups is 4. The number of hydrogen-bond donors (Lipinski definition) is 1. The van der Waals surface area contributed by atoms with Crippen LogP contribution in [0.3, 0.4) is 0 Å². The van der Waals surface area contributed by atoms with Crippen molar-refractivity contribution in [1.82, 2.24) is 20.0 Å². The Balaban J connectivity index is 1.48. The lowest BCUT2D eigenvalue weighted by Gasteiger charge is -2.29. The second kappa shape index (κ2) is 8.58. The fraction of sp³-hybridized carbons (Fsp3) is 0.391. The summed E-state index contributed by atoms with van der Waals surface area (Å²) in [5.74, 6) is -1.18. The van der Waals surface area contributed by atoms with E-state index in [-0.39, 0.29) is 12.5 Å². The van der Waals surface area contributed by atoms with Crippen LogP contribution in [-0.2, 0) is 24.7 Å². The first-order valence-electron chi connectivity index (χ1n) is 10.5. The van der Waals surface area contributed by atoms with Gasteiger partial charge in [0.1, 0.15) is 12.1 Å². The minimum absolute atomic E-state index is 0.122. The van der Waals surface area contributed by atoms with Crippen LogP contribution in [0.4, 0.5) is 4.79 Å². The Labute approximate surface area is 185 Å². The van der Waals surface area contributed by atoms with E-state index >= 15 is 0 Å². The van der Waals surface area contributed by atoms with Gasteiger partial charge in [0.15, 0.2) is 0 Å². The van der Waals surface area contributed by atoms with Gasteiger partial charge < -0.3 is 19.9 Å². The topological polar surface area (TPSA) is 99.3 Å². The highest BCUT2D eigenvalue weighted by atomic mass is 16.5. The van der Waals surface area contributed by atoms with Crippen molar-refractivity contribution in [2.75, 3.05) is 46.4 Å². The lowest BCUT2D eigenvalue weighted by atomic mass is 9.88. The molecule has 168 valence electrons. The summed E-state index contributed by atoms with van der Waals surface area (Å²) in [7, 11) is 1.49. The van der Waals surface area contributed by atoms with Gasteiger partial charge in [0, 0.05) is 20.1 Å². The summed E-state index contributed by atoms with van der Waals surface area (Å²) >= 11 is 0. The molecule has 2 saturated heterocycles. The van der Waals surface area contributed by atoms with Crippen LogP contribution in [0.2, 0.25) is 0 Å². The van der Waals surface area contributed by atoms with Gasteiger partial charge in [0.25, 0.3) is 5.91 Å². The van der Waals surface area contributed by atoms with Gasteiger partial charge in [-0.15, -0.1) is 0 Å². The van der Waals surface area contributed by atoms with Crippen molar-refractivity contribution in [3.8, 4) is 0 Å². The van der Waals surface area contributed by atoms with Crippen molar-refractivity contribution >= 4 is 34.5 Å². The fourth-order valence-electron chi connectivity index (χ4n) is 4.14. The first kappa shape index (κ1) is 21.8. The molecule has 2 aromatic rings. The number of likely N-dealkylation sites (N-methyl/N-ethyl adjacent to an activating group) is 1. The number of fused-ring (bicyclic) bond motifs is 1. The van der Waals surface area contributed by atoms with Crippen LogP contribution in [0.25, 0.3) is 10.8 Å². The number of urea groups is 1. The number of morpholine rings is 1. The molecule has 0 saturated carbocycles. The Hall–Kier alpha value is -3.46. The van der Waals surface area contributed by atoms with Gasteiger partial charge in [0.05, 0.1) is 19.8 Å². The van der Waals surface area contributed by atoms with E-state index in [1.54, 1.807) is 17.9 Å². The van der Waals surface area contributed by atoms with E-state index in [1.165, 1.54) is 11.9 Å². The summed E-state index contributed by atoms with van der Waals surface area (Å²) in [6.07, 6.45) is 0. The minimum Gasteiger partial charge on any atom is -0.378 e. The first-order valence-corrected chi connectivity index (χ1v) is 10.5. The Bertz CT molecular complexity index is 1080. The third kappa shape index (κ3) is 3.91. The smallest absolute Gasteiger partial charge is 0.325 e. The number of carbonyl (C=O) groups excluding carboxylic acids is 4. The van der Waals surface area contributed by atoms with Crippen LogP contribution in [0.5, 0.6) is 0 Å². The highest BCUT2D eigenvalue weighted by Crippen LogP contribution is 2.33. The molecule has 32 heavy (non-hydrogen) atoms. The van der Waals surface area contributed by atoms with Crippen molar-refractivity contribution in [2.24, 2.45) is 0 Å².